The lowest BCUT2D eigenvalue weighted by Gasteiger charge is -2.19. The van der Waals surface area contributed by atoms with Gasteiger partial charge in [0.2, 0.25) is 0 Å². The van der Waals surface area contributed by atoms with Crippen LogP contribution in [0.25, 0.3) is 11.3 Å². The molecule has 1 amide bonds. The molecule has 2 heterocycles. The molecule has 20 heavy (non-hydrogen) atoms. The zero-order valence-electron chi connectivity index (χ0n) is 11.4. The van der Waals surface area contributed by atoms with E-state index >= 15 is 0 Å². The van der Waals surface area contributed by atoms with Crippen molar-refractivity contribution in [2.75, 3.05) is 13.1 Å². The van der Waals surface area contributed by atoms with Gasteiger partial charge in [0.25, 0.3) is 5.91 Å². The van der Waals surface area contributed by atoms with Gasteiger partial charge in [-0.1, -0.05) is 48.3 Å². The predicted molar refractivity (Wildman–Crippen MR) is 76.3 cm³/mol. The minimum atomic E-state index is 0.0343. The smallest absolute Gasteiger partial charge is 0.259 e. The van der Waals surface area contributed by atoms with Crippen LogP contribution in [-0.2, 0) is 0 Å². The third kappa shape index (κ3) is 2.59. The molecule has 104 valence electrons. The van der Waals surface area contributed by atoms with Crippen molar-refractivity contribution in [1.29, 1.82) is 0 Å². The summed E-state index contributed by atoms with van der Waals surface area (Å²) in [7, 11) is 0. The fourth-order valence-corrected chi connectivity index (χ4v) is 2.64. The van der Waals surface area contributed by atoms with Crippen molar-refractivity contribution in [3.63, 3.8) is 0 Å². The van der Waals surface area contributed by atoms with E-state index in [1.165, 1.54) is 19.1 Å². The lowest BCUT2D eigenvalue weighted by molar-refractivity contribution is 0.0761. The maximum atomic E-state index is 12.6. The van der Waals surface area contributed by atoms with Crippen molar-refractivity contribution in [3.05, 3.63) is 42.2 Å². The van der Waals surface area contributed by atoms with Gasteiger partial charge in [-0.3, -0.25) is 4.79 Å². The van der Waals surface area contributed by atoms with Crippen LogP contribution in [0.2, 0.25) is 0 Å². The van der Waals surface area contributed by atoms with Gasteiger partial charge in [-0.25, -0.2) is 0 Å². The minimum Gasteiger partial charge on any atom is -0.363 e. The second-order valence-corrected chi connectivity index (χ2v) is 5.15. The maximum absolute atomic E-state index is 12.6. The molecule has 1 fully saturated rings. The van der Waals surface area contributed by atoms with Gasteiger partial charge in [0.15, 0.2) is 0 Å². The normalized spacial score (nSPS) is 15.9. The van der Waals surface area contributed by atoms with Gasteiger partial charge in [0.05, 0.1) is 0 Å². The molecule has 1 aromatic heterocycles. The molecular weight excluding hydrogens is 252 g/mol. The highest BCUT2D eigenvalue weighted by molar-refractivity contribution is 5.99. The molecule has 0 radical (unpaired) electrons. The van der Waals surface area contributed by atoms with E-state index in [-0.39, 0.29) is 5.91 Å². The Balaban J connectivity index is 1.87. The molecule has 0 bridgehead atoms. The highest BCUT2D eigenvalue weighted by atomic mass is 16.5. The molecule has 4 heteroatoms. The topological polar surface area (TPSA) is 46.3 Å². The first kappa shape index (κ1) is 12.9. The second kappa shape index (κ2) is 5.90. The zero-order chi connectivity index (χ0) is 13.8. The van der Waals surface area contributed by atoms with Crippen LogP contribution in [0.15, 0.2) is 41.1 Å². The number of carbonyl (C=O) groups excluding carboxylic acids is 1. The summed E-state index contributed by atoms with van der Waals surface area (Å²) in [6.45, 7) is 1.66. The van der Waals surface area contributed by atoms with E-state index in [4.69, 9.17) is 4.52 Å². The lowest BCUT2D eigenvalue weighted by Crippen LogP contribution is -2.31. The first-order valence-corrected chi connectivity index (χ1v) is 7.15. The molecule has 0 spiro atoms. The predicted octanol–water partition coefficient (Wildman–Crippen LogP) is 3.36. The van der Waals surface area contributed by atoms with Crippen LogP contribution in [-0.4, -0.2) is 29.1 Å². The van der Waals surface area contributed by atoms with E-state index in [9.17, 15) is 4.79 Å². The summed E-state index contributed by atoms with van der Waals surface area (Å²) < 4.78 is 5.05. The van der Waals surface area contributed by atoms with Crippen LogP contribution in [0.5, 0.6) is 0 Å². The summed E-state index contributed by atoms with van der Waals surface area (Å²) in [5.74, 6) is 0.0343. The molecule has 1 aliphatic rings. The summed E-state index contributed by atoms with van der Waals surface area (Å²) in [6.07, 6.45) is 6.04. The molecule has 4 nitrogen and oxygen atoms in total. The van der Waals surface area contributed by atoms with Crippen LogP contribution in [0.4, 0.5) is 0 Å². The summed E-state index contributed by atoms with van der Waals surface area (Å²) in [4.78, 5) is 14.6. The molecule has 0 atom stereocenters. The molecule has 1 aliphatic heterocycles. The number of hydrogen-bond donors (Lipinski definition) is 0. The number of likely N-dealkylation sites (tertiary alicyclic amines) is 1. The van der Waals surface area contributed by atoms with Crippen molar-refractivity contribution >= 4 is 5.91 Å². The number of amides is 1. The standard InChI is InChI=1S/C16H18N2O2/c19-16(18-10-6-1-2-7-11-18)14-12-20-17-15(14)13-8-4-3-5-9-13/h3-5,8-9,12H,1-2,6-7,10-11H2. The van der Waals surface area contributed by atoms with E-state index in [1.54, 1.807) is 0 Å². The molecule has 0 N–H and O–H groups in total. The van der Waals surface area contributed by atoms with Crippen LogP contribution in [0.3, 0.4) is 0 Å². The number of aromatic nitrogens is 1. The van der Waals surface area contributed by atoms with Crippen molar-refractivity contribution < 1.29 is 9.32 Å². The summed E-state index contributed by atoms with van der Waals surface area (Å²) in [5.41, 5.74) is 2.12. The molecule has 0 unspecified atom stereocenters. The summed E-state index contributed by atoms with van der Waals surface area (Å²) in [6, 6.07) is 9.70. The molecule has 2 aromatic rings. The van der Waals surface area contributed by atoms with Gasteiger partial charge in [-0.05, 0) is 12.8 Å². The van der Waals surface area contributed by atoms with E-state index in [1.807, 2.05) is 35.2 Å². The summed E-state index contributed by atoms with van der Waals surface area (Å²) in [5, 5.41) is 4.00. The number of hydrogen-bond acceptors (Lipinski definition) is 3. The number of carbonyl (C=O) groups is 1. The van der Waals surface area contributed by atoms with Crippen molar-refractivity contribution in [2.24, 2.45) is 0 Å². The minimum absolute atomic E-state index is 0.0343. The Labute approximate surface area is 118 Å². The van der Waals surface area contributed by atoms with Gasteiger partial charge in [0.1, 0.15) is 17.5 Å². The highest BCUT2D eigenvalue weighted by Gasteiger charge is 2.23. The quantitative estimate of drug-likeness (QED) is 0.840. The Morgan fingerprint density at radius 3 is 2.45 bits per heavy atom. The Kier molecular flexibility index (Phi) is 3.81. The molecular formula is C16H18N2O2. The summed E-state index contributed by atoms with van der Waals surface area (Å²) >= 11 is 0. The Bertz CT molecular complexity index is 569. The molecule has 1 saturated heterocycles. The van der Waals surface area contributed by atoms with Crippen molar-refractivity contribution in [1.82, 2.24) is 10.1 Å². The van der Waals surface area contributed by atoms with E-state index in [0.29, 0.717) is 11.3 Å². The third-order valence-electron chi connectivity index (χ3n) is 3.74. The van der Waals surface area contributed by atoms with Gasteiger partial charge in [-0.2, -0.15) is 0 Å². The zero-order valence-corrected chi connectivity index (χ0v) is 11.4. The third-order valence-corrected chi connectivity index (χ3v) is 3.74. The monoisotopic (exact) mass is 270 g/mol. The Hall–Kier alpha value is -2.10. The van der Waals surface area contributed by atoms with Crippen molar-refractivity contribution in [3.8, 4) is 11.3 Å². The first-order chi connectivity index (χ1) is 9.86. The van der Waals surface area contributed by atoms with Crippen LogP contribution in [0, 0.1) is 0 Å². The second-order valence-electron chi connectivity index (χ2n) is 5.15. The highest BCUT2D eigenvalue weighted by Crippen LogP contribution is 2.24. The molecule has 3 rings (SSSR count). The largest absolute Gasteiger partial charge is 0.363 e. The molecule has 1 aromatic carbocycles. The number of benzene rings is 1. The van der Waals surface area contributed by atoms with Crippen LogP contribution < -0.4 is 0 Å². The Morgan fingerprint density at radius 2 is 1.75 bits per heavy atom. The molecule has 0 saturated carbocycles. The van der Waals surface area contributed by atoms with Gasteiger partial charge in [0, 0.05) is 18.7 Å². The van der Waals surface area contributed by atoms with Gasteiger partial charge < -0.3 is 9.42 Å². The fraction of sp³-hybridized carbons (Fsp3) is 0.375. The Morgan fingerprint density at radius 1 is 1.05 bits per heavy atom. The fourth-order valence-electron chi connectivity index (χ4n) is 2.64. The van der Waals surface area contributed by atoms with Gasteiger partial charge in [-0.15, -0.1) is 0 Å². The van der Waals surface area contributed by atoms with E-state index in [2.05, 4.69) is 5.16 Å². The maximum Gasteiger partial charge on any atom is 0.259 e. The first-order valence-electron chi connectivity index (χ1n) is 7.15. The van der Waals surface area contributed by atoms with Gasteiger partial charge >= 0.3 is 0 Å². The van der Waals surface area contributed by atoms with E-state index in [0.717, 1.165) is 31.5 Å². The molecule has 0 aliphatic carbocycles. The SMILES string of the molecule is O=C(c1conc1-c1ccccc1)N1CCCCCC1. The van der Waals surface area contributed by atoms with Crippen molar-refractivity contribution in [2.45, 2.75) is 25.7 Å². The number of nitrogens with zero attached hydrogens (tertiary/aromatic N) is 2. The number of rotatable bonds is 2. The van der Waals surface area contributed by atoms with Crippen LogP contribution in [0.1, 0.15) is 36.0 Å². The lowest BCUT2D eigenvalue weighted by atomic mass is 10.1. The average Bonchev–Trinajstić information content (AvgIpc) is 2.82. The average molecular weight is 270 g/mol. The van der Waals surface area contributed by atoms with E-state index < -0.39 is 0 Å². The van der Waals surface area contributed by atoms with Crippen LogP contribution >= 0.6 is 0 Å².